The summed E-state index contributed by atoms with van der Waals surface area (Å²) < 4.78 is 0. The molecule has 0 saturated heterocycles. The van der Waals surface area contributed by atoms with Crippen LogP contribution >= 0.6 is 0 Å². The molecule has 0 aliphatic heterocycles. The van der Waals surface area contributed by atoms with E-state index < -0.39 is 5.97 Å². The molecule has 0 rings (SSSR count). The van der Waals surface area contributed by atoms with Crippen molar-refractivity contribution in [2.24, 2.45) is 5.92 Å². The Balaban J connectivity index is 0. The van der Waals surface area contributed by atoms with Gasteiger partial charge in [0, 0.05) is 6.42 Å². The summed E-state index contributed by atoms with van der Waals surface area (Å²) >= 11 is 0. The normalized spacial score (nSPS) is 11.9. The third-order valence-electron chi connectivity index (χ3n) is 3.81. The molecule has 110 valence electrons. The van der Waals surface area contributed by atoms with Crippen LogP contribution in [0.25, 0.3) is 0 Å². The van der Waals surface area contributed by atoms with E-state index in [2.05, 4.69) is 13.8 Å². The van der Waals surface area contributed by atoms with Crippen LogP contribution in [0.15, 0.2) is 0 Å². The van der Waals surface area contributed by atoms with Crippen LogP contribution in [0.1, 0.15) is 90.9 Å². The summed E-state index contributed by atoms with van der Waals surface area (Å²) in [6.07, 6.45) is 14.4. The summed E-state index contributed by atoms with van der Waals surface area (Å²) in [5, 5.41) is 8.67. The van der Waals surface area contributed by atoms with Gasteiger partial charge in [-0.2, -0.15) is 0 Å². The van der Waals surface area contributed by atoms with Crippen molar-refractivity contribution in [2.75, 3.05) is 0 Å². The van der Waals surface area contributed by atoms with Crippen LogP contribution in [-0.4, -0.2) is 69.3 Å². The first-order valence-corrected chi connectivity index (χ1v) is 7.92. The van der Waals surface area contributed by atoms with Crippen LogP contribution in [-0.2, 0) is 4.79 Å². The maximum atomic E-state index is 10.5. The van der Waals surface area contributed by atoms with Gasteiger partial charge >= 0.3 is 64.2 Å². The summed E-state index contributed by atoms with van der Waals surface area (Å²) in [6, 6.07) is 0. The number of carboxylic acids is 1. The Morgan fingerprint density at radius 1 is 0.895 bits per heavy atom. The Bertz CT molecular complexity index is 195. The van der Waals surface area contributed by atoms with Crippen molar-refractivity contribution in [1.29, 1.82) is 0 Å². The van der Waals surface area contributed by atoms with Gasteiger partial charge in [0.05, 0.1) is 0 Å². The third kappa shape index (κ3) is 17.2. The van der Waals surface area contributed by atoms with E-state index in [1.807, 2.05) is 0 Å². The van der Waals surface area contributed by atoms with Gasteiger partial charge < -0.3 is 5.11 Å². The van der Waals surface area contributed by atoms with Crippen LogP contribution in [0.2, 0.25) is 0 Å². The number of unbranched alkanes of at least 4 members (excludes halogenated alkanes) is 7. The van der Waals surface area contributed by atoms with E-state index >= 15 is 0 Å². The van der Waals surface area contributed by atoms with Crippen molar-refractivity contribution in [2.45, 2.75) is 90.9 Å². The second-order valence-corrected chi connectivity index (χ2v) is 5.47. The van der Waals surface area contributed by atoms with Crippen LogP contribution in [0.4, 0.5) is 0 Å². The van der Waals surface area contributed by atoms with Crippen molar-refractivity contribution in [3.05, 3.63) is 0 Å². The van der Waals surface area contributed by atoms with E-state index in [0.717, 1.165) is 12.8 Å². The van der Waals surface area contributed by atoms with Crippen LogP contribution < -0.4 is 0 Å². The van der Waals surface area contributed by atoms with Gasteiger partial charge in [0.1, 0.15) is 0 Å². The van der Waals surface area contributed by atoms with Crippen molar-refractivity contribution in [3.63, 3.8) is 0 Å². The Labute approximate surface area is 168 Å². The molecule has 0 spiro atoms. The molecule has 1 atom stereocenters. The molecule has 0 aliphatic carbocycles. The van der Waals surface area contributed by atoms with Crippen molar-refractivity contribution < 1.29 is 9.90 Å². The molecule has 0 heterocycles. The van der Waals surface area contributed by atoms with Gasteiger partial charge in [-0.1, -0.05) is 78.1 Å². The molecule has 0 aromatic rings. The molecule has 19 heavy (non-hydrogen) atoms. The van der Waals surface area contributed by atoms with Crippen LogP contribution in [0.3, 0.4) is 0 Å². The fourth-order valence-electron chi connectivity index (χ4n) is 2.45. The van der Waals surface area contributed by atoms with Gasteiger partial charge in [0.25, 0.3) is 0 Å². The van der Waals surface area contributed by atoms with Gasteiger partial charge in [-0.05, 0) is 12.3 Å². The van der Waals surface area contributed by atoms with Gasteiger partial charge in [0.15, 0.2) is 0 Å². The van der Waals surface area contributed by atoms with Gasteiger partial charge in [-0.25, -0.2) is 0 Å². The van der Waals surface area contributed by atoms with Gasteiger partial charge in [-0.15, -0.1) is 0 Å². The third-order valence-corrected chi connectivity index (χ3v) is 3.81. The molecule has 0 amide bonds. The molecule has 0 radical (unpaired) electrons. The number of hydrogen-bond acceptors (Lipinski definition) is 1. The molecule has 0 bridgehead atoms. The average Bonchev–Trinajstić information content (AvgIpc) is 2.36. The molecular weight excluding hydrogens is 310 g/mol. The number of rotatable bonds is 13. The molecule has 1 N–H and O–H groups in total. The van der Waals surface area contributed by atoms with Crippen molar-refractivity contribution in [1.82, 2.24) is 0 Å². The van der Waals surface area contributed by atoms with Crippen LogP contribution in [0.5, 0.6) is 0 Å². The van der Waals surface area contributed by atoms with E-state index in [1.54, 1.807) is 0 Å². The maximum absolute atomic E-state index is 10.5. The first-order valence-electron chi connectivity index (χ1n) is 7.92. The molecular formula is C16H33O2Rb. The SMILES string of the molecule is CCCCCCCCCCC(CC)CCC(=O)O.[RbH]. The average molecular weight is 343 g/mol. The number of carbonyl (C=O) groups is 1. The molecule has 2 nitrogen and oxygen atoms in total. The van der Waals surface area contributed by atoms with E-state index in [4.69, 9.17) is 5.11 Å². The number of aliphatic carboxylic acids is 1. The fourth-order valence-corrected chi connectivity index (χ4v) is 2.45. The Morgan fingerprint density at radius 3 is 1.89 bits per heavy atom. The van der Waals surface area contributed by atoms with E-state index in [-0.39, 0.29) is 58.2 Å². The predicted octanol–water partition coefficient (Wildman–Crippen LogP) is 4.76. The Hall–Kier alpha value is 1.28. The molecule has 3 heteroatoms. The molecule has 1 unspecified atom stereocenters. The summed E-state index contributed by atoms with van der Waals surface area (Å²) in [4.78, 5) is 10.5. The summed E-state index contributed by atoms with van der Waals surface area (Å²) in [7, 11) is 0. The quantitative estimate of drug-likeness (QED) is 0.490. The Kier molecular flexibility index (Phi) is 20.6. The summed E-state index contributed by atoms with van der Waals surface area (Å²) in [5.41, 5.74) is 0. The van der Waals surface area contributed by atoms with Crippen molar-refractivity contribution in [3.8, 4) is 0 Å². The second-order valence-electron chi connectivity index (χ2n) is 5.47. The zero-order valence-corrected chi connectivity index (χ0v) is 12.4. The summed E-state index contributed by atoms with van der Waals surface area (Å²) in [5.74, 6) is -0.0226. The first-order chi connectivity index (χ1) is 8.70. The molecule has 0 saturated carbocycles. The molecule has 0 fully saturated rings. The summed E-state index contributed by atoms with van der Waals surface area (Å²) in [6.45, 7) is 4.43. The first kappa shape index (κ1) is 22.6. The zero-order chi connectivity index (χ0) is 13.6. The Morgan fingerprint density at radius 2 is 1.42 bits per heavy atom. The molecule has 0 aromatic carbocycles. The standard InChI is InChI=1S/C16H32O2.Rb.H/c1-3-5-6-7-8-9-10-11-12-15(4-2)13-14-16(17)18;;/h15H,3-14H2,1-2H3,(H,17,18);;. The van der Waals surface area contributed by atoms with Gasteiger partial charge in [0.2, 0.25) is 0 Å². The topological polar surface area (TPSA) is 37.3 Å². The monoisotopic (exact) mass is 342 g/mol. The van der Waals surface area contributed by atoms with E-state index in [1.165, 1.54) is 57.8 Å². The van der Waals surface area contributed by atoms with Crippen LogP contribution in [0, 0.1) is 5.92 Å². The van der Waals surface area contributed by atoms with E-state index in [9.17, 15) is 4.79 Å². The predicted molar refractivity (Wildman–Crippen MR) is 85.0 cm³/mol. The van der Waals surface area contributed by atoms with E-state index in [0.29, 0.717) is 12.3 Å². The minimum atomic E-state index is -0.649. The number of carboxylic acid groups (broad SMARTS) is 1. The number of hydrogen-bond donors (Lipinski definition) is 1. The molecule has 0 aromatic heterocycles. The fraction of sp³-hybridized carbons (Fsp3) is 0.938. The van der Waals surface area contributed by atoms with Crippen molar-refractivity contribution >= 4 is 64.2 Å². The second kappa shape index (κ2) is 17.3. The van der Waals surface area contributed by atoms with Gasteiger partial charge in [-0.3, -0.25) is 4.79 Å². The zero-order valence-electron chi connectivity index (χ0n) is 12.4. The molecule has 0 aliphatic rings. The minimum absolute atomic E-state index is 0.